The molecule has 6 nitrogen and oxygen atoms in total. The van der Waals surface area contributed by atoms with Crippen LogP contribution in [0.4, 0.5) is 5.69 Å². The Morgan fingerprint density at radius 3 is 2.54 bits per heavy atom. The molecule has 0 radical (unpaired) electrons. The van der Waals surface area contributed by atoms with E-state index in [1.165, 1.54) is 0 Å². The summed E-state index contributed by atoms with van der Waals surface area (Å²) in [5.74, 6) is -0.0419. The molecule has 0 spiro atoms. The summed E-state index contributed by atoms with van der Waals surface area (Å²) < 4.78 is 16.1. The van der Waals surface area contributed by atoms with Crippen LogP contribution in [-0.4, -0.2) is 25.1 Å². The fourth-order valence-electron chi connectivity index (χ4n) is 3.09. The zero-order valence-electron chi connectivity index (χ0n) is 16.4. The summed E-state index contributed by atoms with van der Waals surface area (Å²) in [6.07, 6.45) is 0. The number of amides is 1. The number of carbonyl (C=O) groups is 2. The van der Waals surface area contributed by atoms with Crippen molar-refractivity contribution in [2.75, 3.05) is 18.5 Å². The molecule has 6 heteroatoms. The van der Waals surface area contributed by atoms with Gasteiger partial charge in [-0.15, -0.1) is 0 Å². The minimum atomic E-state index is -0.444. The Kier molecular flexibility index (Phi) is 5.68. The Morgan fingerprint density at radius 2 is 1.82 bits per heavy atom. The first-order chi connectivity index (χ1) is 13.4. The van der Waals surface area contributed by atoms with Crippen LogP contribution in [0.3, 0.4) is 0 Å². The van der Waals surface area contributed by atoms with Crippen LogP contribution in [-0.2, 0) is 9.53 Å². The molecule has 1 amide bonds. The number of ether oxygens (including phenoxy) is 2. The van der Waals surface area contributed by atoms with Crippen molar-refractivity contribution < 1.29 is 23.5 Å². The summed E-state index contributed by atoms with van der Waals surface area (Å²) >= 11 is 0. The Morgan fingerprint density at radius 1 is 1.07 bits per heavy atom. The van der Waals surface area contributed by atoms with Gasteiger partial charge in [0.15, 0.2) is 12.4 Å². The number of carbonyl (C=O) groups excluding carboxylic acids is 2. The summed E-state index contributed by atoms with van der Waals surface area (Å²) in [5, 5.41) is 3.79. The molecule has 3 rings (SSSR count). The van der Waals surface area contributed by atoms with E-state index >= 15 is 0 Å². The molecule has 2 aromatic carbocycles. The number of rotatable bonds is 6. The van der Waals surface area contributed by atoms with Gasteiger partial charge in [-0.2, -0.15) is 0 Å². The predicted octanol–water partition coefficient (Wildman–Crippen LogP) is 4.55. The van der Waals surface area contributed by atoms with Gasteiger partial charge in [0.05, 0.1) is 6.61 Å². The van der Waals surface area contributed by atoms with Gasteiger partial charge in [0.1, 0.15) is 11.3 Å². The summed E-state index contributed by atoms with van der Waals surface area (Å²) in [6, 6.07) is 10.8. The minimum Gasteiger partial charge on any atom is -0.482 e. The van der Waals surface area contributed by atoms with Gasteiger partial charge in [0.25, 0.3) is 5.91 Å². The van der Waals surface area contributed by atoms with E-state index in [1.807, 2.05) is 32.9 Å². The van der Waals surface area contributed by atoms with E-state index in [9.17, 15) is 9.59 Å². The van der Waals surface area contributed by atoms with Crippen LogP contribution >= 0.6 is 0 Å². The van der Waals surface area contributed by atoms with Crippen LogP contribution in [0.15, 0.2) is 40.8 Å². The Labute approximate surface area is 163 Å². The second-order valence-electron chi connectivity index (χ2n) is 6.54. The van der Waals surface area contributed by atoms with Crippen molar-refractivity contribution in [2.45, 2.75) is 27.7 Å². The third kappa shape index (κ3) is 4.01. The van der Waals surface area contributed by atoms with Crippen LogP contribution in [0.5, 0.6) is 5.75 Å². The summed E-state index contributed by atoms with van der Waals surface area (Å²) in [7, 11) is 0. The van der Waals surface area contributed by atoms with Gasteiger partial charge >= 0.3 is 5.97 Å². The van der Waals surface area contributed by atoms with Crippen molar-refractivity contribution >= 4 is 28.5 Å². The highest BCUT2D eigenvalue weighted by Gasteiger charge is 2.20. The number of fused-ring (bicyclic) bond motifs is 1. The fraction of sp³-hybridized carbons (Fsp3) is 0.273. The molecular weight excluding hydrogens is 358 g/mol. The SMILES string of the molecule is CCOC(=O)COc1cccc(NC(=O)c2oc3c(C)ccc(C)c3c2C)c1. The largest absolute Gasteiger partial charge is 0.482 e. The molecule has 0 aliphatic rings. The van der Waals surface area contributed by atoms with Crippen molar-refractivity contribution in [3.63, 3.8) is 0 Å². The first kappa shape index (κ1) is 19.5. The molecule has 28 heavy (non-hydrogen) atoms. The number of hydrogen-bond acceptors (Lipinski definition) is 5. The fourth-order valence-corrected chi connectivity index (χ4v) is 3.09. The van der Waals surface area contributed by atoms with Crippen molar-refractivity contribution in [1.82, 2.24) is 0 Å². The van der Waals surface area contributed by atoms with Gasteiger partial charge in [-0.3, -0.25) is 4.79 Å². The number of aryl methyl sites for hydroxylation is 3. The quantitative estimate of drug-likeness (QED) is 0.634. The molecule has 0 saturated heterocycles. The number of furan rings is 1. The van der Waals surface area contributed by atoms with E-state index < -0.39 is 5.97 Å². The van der Waals surface area contributed by atoms with Crippen LogP contribution in [0.2, 0.25) is 0 Å². The lowest BCUT2D eigenvalue weighted by molar-refractivity contribution is -0.145. The molecule has 0 aliphatic carbocycles. The van der Waals surface area contributed by atoms with E-state index in [2.05, 4.69) is 5.32 Å². The number of esters is 1. The number of hydrogen-bond donors (Lipinski definition) is 1. The molecule has 0 aliphatic heterocycles. The molecule has 0 atom stereocenters. The smallest absolute Gasteiger partial charge is 0.344 e. The van der Waals surface area contributed by atoms with Crippen molar-refractivity contribution in [3.8, 4) is 5.75 Å². The van der Waals surface area contributed by atoms with Crippen LogP contribution in [0.1, 0.15) is 34.2 Å². The van der Waals surface area contributed by atoms with Gasteiger partial charge in [-0.1, -0.05) is 18.2 Å². The highest BCUT2D eigenvalue weighted by atomic mass is 16.6. The Hall–Kier alpha value is -3.28. The lowest BCUT2D eigenvalue weighted by Crippen LogP contribution is -2.15. The summed E-state index contributed by atoms with van der Waals surface area (Å²) in [4.78, 5) is 24.2. The maximum absolute atomic E-state index is 12.8. The van der Waals surface area contributed by atoms with Gasteiger partial charge in [0.2, 0.25) is 0 Å². The normalized spacial score (nSPS) is 10.7. The van der Waals surface area contributed by atoms with E-state index in [1.54, 1.807) is 31.2 Å². The summed E-state index contributed by atoms with van der Waals surface area (Å²) in [5.41, 5.74) is 4.13. The van der Waals surface area contributed by atoms with E-state index in [-0.39, 0.29) is 18.3 Å². The molecule has 1 aromatic heterocycles. The third-order valence-corrected chi connectivity index (χ3v) is 4.44. The standard InChI is InChI=1S/C22H23NO5/c1-5-26-18(24)12-27-17-8-6-7-16(11-17)23-22(25)21-15(4)19-13(2)9-10-14(3)20(19)28-21/h6-11H,5,12H2,1-4H3,(H,23,25). The summed E-state index contributed by atoms with van der Waals surface area (Å²) in [6.45, 7) is 7.68. The number of anilines is 1. The monoisotopic (exact) mass is 381 g/mol. The molecule has 0 bridgehead atoms. The predicted molar refractivity (Wildman–Crippen MR) is 107 cm³/mol. The average Bonchev–Trinajstić information content (AvgIpc) is 3.02. The van der Waals surface area contributed by atoms with Crippen LogP contribution < -0.4 is 10.1 Å². The molecule has 0 saturated carbocycles. The van der Waals surface area contributed by atoms with Crippen LogP contribution in [0.25, 0.3) is 11.0 Å². The molecule has 1 N–H and O–H groups in total. The number of nitrogens with one attached hydrogen (secondary N) is 1. The van der Waals surface area contributed by atoms with Gasteiger partial charge < -0.3 is 19.2 Å². The van der Waals surface area contributed by atoms with Crippen molar-refractivity contribution in [2.24, 2.45) is 0 Å². The highest BCUT2D eigenvalue weighted by Crippen LogP contribution is 2.31. The maximum atomic E-state index is 12.8. The molecular formula is C22H23NO5. The van der Waals surface area contributed by atoms with Crippen LogP contribution in [0, 0.1) is 20.8 Å². The van der Waals surface area contributed by atoms with Crippen molar-refractivity contribution in [1.29, 1.82) is 0 Å². The van der Waals surface area contributed by atoms with Crippen molar-refractivity contribution in [3.05, 3.63) is 58.8 Å². The zero-order valence-corrected chi connectivity index (χ0v) is 16.4. The minimum absolute atomic E-state index is 0.188. The van der Waals surface area contributed by atoms with E-state index in [4.69, 9.17) is 13.9 Å². The topological polar surface area (TPSA) is 77.8 Å². The average molecular weight is 381 g/mol. The molecule has 3 aromatic rings. The lowest BCUT2D eigenvalue weighted by Gasteiger charge is -2.08. The zero-order chi connectivity index (χ0) is 20.3. The maximum Gasteiger partial charge on any atom is 0.344 e. The molecule has 1 heterocycles. The van der Waals surface area contributed by atoms with E-state index in [0.29, 0.717) is 18.0 Å². The Bertz CT molecular complexity index is 1030. The second-order valence-corrected chi connectivity index (χ2v) is 6.54. The lowest BCUT2D eigenvalue weighted by atomic mass is 10.0. The van der Waals surface area contributed by atoms with Gasteiger partial charge in [0, 0.05) is 22.7 Å². The molecule has 146 valence electrons. The first-order valence-corrected chi connectivity index (χ1v) is 9.09. The first-order valence-electron chi connectivity index (χ1n) is 9.09. The third-order valence-electron chi connectivity index (χ3n) is 4.44. The molecule has 0 unspecified atom stereocenters. The Balaban J connectivity index is 1.78. The molecule has 0 fully saturated rings. The van der Waals surface area contributed by atoms with Gasteiger partial charge in [-0.25, -0.2) is 4.79 Å². The second kappa shape index (κ2) is 8.17. The van der Waals surface area contributed by atoms with E-state index in [0.717, 1.165) is 27.7 Å². The number of benzene rings is 2. The van der Waals surface area contributed by atoms with Gasteiger partial charge in [-0.05, 0) is 51.0 Å². The highest BCUT2D eigenvalue weighted by molar-refractivity contribution is 6.07.